The van der Waals surface area contributed by atoms with Gasteiger partial charge >= 0.3 is 0 Å². The Bertz CT molecular complexity index is 960. The van der Waals surface area contributed by atoms with Gasteiger partial charge in [0.1, 0.15) is 0 Å². The van der Waals surface area contributed by atoms with Gasteiger partial charge in [0, 0.05) is 24.3 Å². The second-order valence-corrected chi connectivity index (χ2v) is 7.73. The third kappa shape index (κ3) is 3.50. The molecular weight excluding hydrogens is 359 g/mol. The third-order valence-electron chi connectivity index (χ3n) is 4.25. The average molecular weight is 378 g/mol. The van der Waals surface area contributed by atoms with E-state index in [0.717, 1.165) is 23.7 Å². The molecule has 0 unspecified atom stereocenters. The van der Waals surface area contributed by atoms with Gasteiger partial charge in [-0.25, -0.2) is 12.8 Å². The van der Waals surface area contributed by atoms with Gasteiger partial charge < -0.3 is 9.64 Å². The summed E-state index contributed by atoms with van der Waals surface area (Å²) >= 11 is 0. The number of methoxy groups -OCH3 is 1. The molecule has 0 spiro atoms. The summed E-state index contributed by atoms with van der Waals surface area (Å²) in [5.74, 6) is -0.719. The SMILES string of the molecule is COc1ccc(S(=O)(=O)Nc2ccc(N3CCCC3=O)c(C)c2)cc1F. The average Bonchev–Trinajstić information content (AvgIpc) is 3.00. The topological polar surface area (TPSA) is 75.7 Å². The molecule has 0 aliphatic carbocycles. The second kappa shape index (κ2) is 6.95. The van der Waals surface area contributed by atoms with Crippen molar-refractivity contribution in [3.05, 3.63) is 47.8 Å². The Balaban J connectivity index is 1.85. The number of rotatable bonds is 5. The molecule has 1 aliphatic rings. The van der Waals surface area contributed by atoms with Gasteiger partial charge in [0.2, 0.25) is 5.91 Å². The van der Waals surface area contributed by atoms with Crippen molar-refractivity contribution in [3.63, 3.8) is 0 Å². The quantitative estimate of drug-likeness (QED) is 0.868. The maximum absolute atomic E-state index is 13.8. The smallest absolute Gasteiger partial charge is 0.262 e. The molecule has 0 saturated carbocycles. The first-order valence-electron chi connectivity index (χ1n) is 8.09. The van der Waals surface area contributed by atoms with E-state index in [-0.39, 0.29) is 16.6 Å². The van der Waals surface area contributed by atoms with E-state index < -0.39 is 15.8 Å². The molecule has 0 aromatic heterocycles. The molecule has 1 saturated heterocycles. The van der Waals surface area contributed by atoms with Gasteiger partial charge in [-0.3, -0.25) is 9.52 Å². The molecule has 1 fully saturated rings. The Kier molecular flexibility index (Phi) is 4.86. The maximum atomic E-state index is 13.8. The lowest BCUT2D eigenvalue weighted by atomic mass is 10.1. The molecule has 0 atom stereocenters. The minimum atomic E-state index is -3.95. The van der Waals surface area contributed by atoms with Gasteiger partial charge in [-0.1, -0.05) is 0 Å². The number of nitrogens with zero attached hydrogens (tertiary/aromatic N) is 1. The van der Waals surface area contributed by atoms with E-state index in [0.29, 0.717) is 18.7 Å². The lowest BCUT2D eigenvalue weighted by Crippen LogP contribution is -2.24. The van der Waals surface area contributed by atoms with E-state index >= 15 is 0 Å². The number of carbonyl (C=O) groups is 1. The standard InChI is InChI=1S/C18H19FN2O4S/c1-12-10-13(5-7-16(12)21-9-3-4-18(21)22)20-26(23,24)14-6-8-17(25-2)15(19)11-14/h5-8,10-11,20H,3-4,9H2,1-2H3. The van der Waals surface area contributed by atoms with Crippen LogP contribution in [0.5, 0.6) is 5.75 Å². The Morgan fingerprint density at radius 1 is 1.19 bits per heavy atom. The first-order chi connectivity index (χ1) is 12.3. The van der Waals surface area contributed by atoms with Crippen LogP contribution >= 0.6 is 0 Å². The first-order valence-corrected chi connectivity index (χ1v) is 9.57. The Morgan fingerprint density at radius 3 is 2.54 bits per heavy atom. The van der Waals surface area contributed by atoms with E-state index in [1.54, 1.807) is 23.1 Å². The van der Waals surface area contributed by atoms with Crippen LogP contribution in [-0.2, 0) is 14.8 Å². The van der Waals surface area contributed by atoms with Crippen molar-refractivity contribution in [2.24, 2.45) is 0 Å². The van der Waals surface area contributed by atoms with Gasteiger partial charge in [0.25, 0.3) is 10.0 Å². The molecule has 0 radical (unpaired) electrons. The zero-order valence-electron chi connectivity index (χ0n) is 14.5. The molecule has 8 heteroatoms. The molecule has 26 heavy (non-hydrogen) atoms. The Labute approximate surface area is 151 Å². The Hall–Kier alpha value is -2.61. The monoisotopic (exact) mass is 378 g/mol. The van der Waals surface area contributed by atoms with Crippen molar-refractivity contribution in [2.75, 3.05) is 23.3 Å². The number of ether oxygens (including phenoxy) is 1. The molecule has 3 rings (SSSR count). The number of anilines is 2. The molecule has 0 bridgehead atoms. The van der Waals surface area contributed by atoms with Gasteiger partial charge in [-0.15, -0.1) is 0 Å². The molecule has 1 heterocycles. The summed E-state index contributed by atoms with van der Waals surface area (Å²) in [5.41, 5.74) is 1.89. The van der Waals surface area contributed by atoms with E-state index in [9.17, 15) is 17.6 Å². The molecule has 1 aliphatic heterocycles. The predicted octanol–water partition coefficient (Wildman–Crippen LogP) is 3.07. The molecule has 6 nitrogen and oxygen atoms in total. The highest BCUT2D eigenvalue weighted by atomic mass is 32.2. The molecule has 1 N–H and O–H groups in total. The van der Waals surface area contributed by atoms with Crippen LogP contribution in [0.2, 0.25) is 0 Å². The summed E-state index contributed by atoms with van der Waals surface area (Å²) in [4.78, 5) is 13.4. The van der Waals surface area contributed by atoms with Gasteiger partial charge in [-0.05, 0) is 55.3 Å². The second-order valence-electron chi connectivity index (χ2n) is 6.05. The van der Waals surface area contributed by atoms with E-state index in [1.165, 1.54) is 19.2 Å². The summed E-state index contributed by atoms with van der Waals surface area (Å²) in [5, 5.41) is 0. The highest BCUT2D eigenvalue weighted by Crippen LogP contribution is 2.29. The summed E-state index contributed by atoms with van der Waals surface area (Å²) in [6.45, 7) is 2.47. The fourth-order valence-corrected chi connectivity index (χ4v) is 4.01. The highest BCUT2D eigenvalue weighted by molar-refractivity contribution is 7.92. The number of nitrogens with one attached hydrogen (secondary N) is 1. The normalized spacial score (nSPS) is 14.6. The van der Waals surface area contributed by atoms with Crippen molar-refractivity contribution >= 4 is 27.3 Å². The zero-order chi connectivity index (χ0) is 18.9. The number of hydrogen-bond donors (Lipinski definition) is 1. The van der Waals surface area contributed by atoms with Crippen molar-refractivity contribution in [3.8, 4) is 5.75 Å². The molecule has 2 aromatic carbocycles. The summed E-state index contributed by atoms with van der Waals surface area (Å²) in [6, 6.07) is 8.39. The number of hydrogen-bond acceptors (Lipinski definition) is 4. The van der Waals surface area contributed by atoms with Gasteiger partial charge in [0.05, 0.1) is 12.0 Å². The number of amides is 1. The maximum Gasteiger partial charge on any atom is 0.262 e. The molecule has 138 valence electrons. The summed E-state index contributed by atoms with van der Waals surface area (Å²) in [7, 11) is -2.64. The van der Waals surface area contributed by atoms with Crippen LogP contribution in [-0.4, -0.2) is 28.0 Å². The fraction of sp³-hybridized carbons (Fsp3) is 0.278. The number of carbonyl (C=O) groups excluding carboxylic acids is 1. The number of halogens is 1. The molecule has 1 amide bonds. The van der Waals surface area contributed by atoms with Crippen LogP contribution in [0, 0.1) is 12.7 Å². The van der Waals surface area contributed by atoms with Crippen molar-refractivity contribution in [1.82, 2.24) is 0 Å². The lowest BCUT2D eigenvalue weighted by molar-refractivity contribution is -0.117. The van der Waals surface area contributed by atoms with E-state index in [1.807, 2.05) is 6.92 Å². The van der Waals surface area contributed by atoms with E-state index in [4.69, 9.17) is 4.74 Å². The van der Waals surface area contributed by atoms with Crippen LogP contribution in [0.15, 0.2) is 41.3 Å². The number of aryl methyl sites for hydroxylation is 1. The Morgan fingerprint density at radius 2 is 1.96 bits per heavy atom. The highest BCUT2D eigenvalue weighted by Gasteiger charge is 2.23. The van der Waals surface area contributed by atoms with Crippen LogP contribution in [0.1, 0.15) is 18.4 Å². The van der Waals surface area contributed by atoms with Crippen molar-refractivity contribution < 1.29 is 22.3 Å². The molecular formula is C18H19FN2O4S. The van der Waals surface area contributed by atoms with Gasteiger partial charge in [0.15, 0.2) is 11.6 Å². The van der Waals surface area contributed by atoms with E-state index in [2.05, 4.69) is 4.72 Å². The minimum Gasteiger partial charge on any atom is -0.494 e. The van der Waals surface area contributed by atoms with Crippen LogP contribution in [0.4, 0.5) is 15.8 Å². The number of sulfonamides is 1. The predicted molar refractivity (Wildman–Crippen MR) is 96.5 cm³/mol. The molecule has 2 aromatic rings. The van der Waals surface area contributed by atoms with Crippen LogP contribution in [0.3, 0.4) is 0 Å². The lowest BCUT2D eigenvalue weighted by Gasteiger charge is -2.19. The fourth-order valence-electron chi connectivity index (χ4n) is 2.95. The summed E-state index contributed by atoms with van der Waals surface area (Å²) in [6.07, 6.45) is 1.34. The zero-order valence-corrected chi connectivity index (χ0v) is 15.3. The largest absolute Gasteiger partial charge is 0.494 e. The first kappa shape index (κ1) is 18.2. The van der Waals surface area contributed by atoms with Crippen LogP contribution < -0.4 is 14.4 Å². The minimum absolute atomic E-state index is 0.0283. The van der Waals surface area contributed by atoms with Crippen molar-refractivity contribution in [2.45, 2.75) is 24.7 Å². The number of benzene rings is 2. The van der Waals surface area contributed by atoms with Crippen LogP contribution in [0.25, 0.3) is 0 Å². The van der Waals surface area contributed by atoms with Gasteiger partial charge in [-0.2, -0.15) is 0 Å². The van der Waals surface area contributed by atoms with Crippen molar-refractivity contribution in [1.29, 1.82) is 0 Å². The summed E-state index contributed by atoms with van der Waals surface area (Å²) < 4.78 is 46.0. The third-order valence-corrected chi connectivity index (χ3v) is 5.63.